The lowest BCUT2D eigenvalue weighted by Gasteiger charge is -2.29. The molecule has 0 bridgehead atoms. The maximum Gasteiger partial charge on any atom is 0.240 e. The number of aliphatic hydroxyl groups is 1. The molecule has 1 unspecified atom stereocenters. The molecular weight excluding hydrogens is 216 g/mol. The van der Waals surface area contributed by atoms with Gasteiger partial charge in [-0.3, -0.25) is 4.79 Å². The minimum Gasteiger partial charge on any atom is -0.396 e. The van der Waals surface area contributed by atoms with Crippen molar-refractivity contribution in [2.24, 2.45) is 17.1 Å². The Balaban J connectivity index is 2.36. The van der Waals surface area contributed by atoms with Gasteiger partial charge < -0.3 is 16.2 Å². The molecule has 4 heteroatoms. The van der Waals surface area contributed by atoms with E-state index in [1.165, 1.54) is 0 Å². The van der Waals surface area contributed by atoms with Crippen molar-refractivity contribution in [3.8, 4) is 0 Å². The Kier molecular flexibility index (Phi) is 4.55. The van der Waals surface area contributed by atoms with Crippen LogP contribution >= 0.6 is 0 Å². The fourth-order valence-corrected chi connectivity index (χ4v) is 2.02. The second-order valence-electron chi connectivity index (χ2n) is 6.23. The van der Waals surface area contributed by atoms with Gasteiger partial charge in [-0.2, -0.15) is 0 Å². The van der Waals surface area contributed by atoms with Crippen molar-refractivity contribution in [3.05, 3.63) is 0 Å². The third-order valence-corrected chi connectivity index (χ3v) is 3.65. The topological polar surface area (TPSA) is 75.3 Å². The van der Waals surface area contributed by atoms with E-state index in [4.69, 9.17) is 10.8 Å². The normalized spacial score (nSPS) is 19.8. The lowest BCUT2D eigenvalue weighted by atomic mass is 9.87. The molecule has 0 aliphatic heterocycles. The Morgan fingerprint density at radius 3 is 2.47 bits per heavy atom. The summed E-state index contributed by atoms with van der Waals surface area (Å²) in [6.07, 6.45) is 3.79. The van der Waals surface area contributed by atoms with Gasteiger partial charge in [0.05, 0.1) is 5.54 Å². The third-order valence-electron chi connectivity index (χ3n) is 3.65. The first-order valence-electron chi connectivity index (χ1n) is 6.47. The lowest BCUT2D eigenvalue weighted by Crippen LogP contribution is -2.54. The van der Waals surface area contributed by atoms with E-state index in [0.717, 1.165) is 25.7 Å². The summed E-state index contributed by atoms with van der Waals surface area (Å²) < 4.78 is 0. The van der Waals surface area contributed by atoms with Gasteiger partial charge in [0.1, 0.15) is 0 Å². The van der Waals surface area contributed by atoms with E-state index in [-0.39, 0.29) is 17.9 Å². The SMILES string of the molecule is CC(C)(CCCO)CNC(=O)C(C)(N)C1CC1. The Labute approximate surface area is 104 Å². The molecule has 1 aliphatic rings. The fourth-order valence-electron chi connectivity index (χ4n) is 2.02. The zero-order valence-electron chi connectivity index (χ0n) is 11.3. The second-order valence-corrected chi connectivity index (χ2v) is 6.23. The standard InChI is InChI=1S/C13H26N2O2/c1-12(2,7-4-8-16)9-15-11(17)13(3,14)10-5-6-10/h10,16H,4-9,14H2,1-3H3,(H,15,17). The van der Waals surface area contributed by atoms with Crippen molar-refractivity contribution in [1.82, 2.24) is 5.32 Å². The van der Waals surface area contributed by atoms with Crippen molar-refractivity contribution >= 4 is 5.91 Å². The number of hydrogen-bond acceptors (Lipinski definition) is 3. The molecule has 1 rings (SSSR count). The fraction of sp³-hybridized carbons (Fsp3) is 0.923. The maximum absolute atomic E-state index is 12.0. The molecule has 1 saturated carbocycles. The van der Waals surface area contributed by atoms with E-state index in [1.54, 1.807) is 0 Å². The predicted molar refractivity (Wildman–Crippen MR) is 68.4 cm³/mol. The van der Waals surface area contributed by atoms with Gasteiger partial charge in [0.25, 0.3) is 0 Å². The zero-order chi connectivity index (χ0) is 13.1. The van der Waals surface area contributed by atoms with Crippen LogP contribution in [-0.4, -0.2) is 29.7 Å². The first kappa shape index (κ1) is 14.5. The molecule has 0 aromatic rings. The summed E-state index contributed by atoms with van der Waals surface area (Å²) in [4.78, 5) is 12.0. The van der Waals surface area contributed by atoms with Gasteiger partial charge in [0.2, 0.25) is 5.91 Å². The first-order valence-corrected chi connectivity index (χ1v) is 6.47. The molecule has 0 aromatic heterocycles. The molecule has 1 fully saturated rings. The number of rotatable bonds is 7. The molecule has 4 N–H and O–H groups in total. The van der Waals surface area contributed by atoms with Gasteiger partial charge in [-0.15, -0.1) is 0 Å². The number of carbonyl (C=O) groups is 1. The van der Waals surface area contributed by atoms with Gasteiger partial charge in [-0.25, -0.2) is 0 Å². The summed E-state index contributed by atoms with van der Waals surface area (Å²) in [7, 11) is 0. The lowest BCUT2D eigenvalue weighted by molar-refractivity contribution is -0.127. The van der Waals surface area contributed by atoms with Crippen molar-refractivity contribution < 1.29 is 9.90 Å². The summed E-state index contributed by atoms with van der Waals surface area (Å²) in [6.45, 7) is 6.82. The average Bonchev–Trinajstić information content (AvgIpc) is 3.07. The minimum atomic E-state index is -0.715. The highest BCUT2D eigenvalue weighted by molar-refractivity contribution is 5.86. The van der Waals surface area contributed by atoms with Crippen molar-refractivity contribution in [2.75, 3.05) is 13.2 Å². The van der Waals surface area contributed by atoms with Crippen LogP contribution in [0.2, 0.25) is 0 Å². The molecule has 0 heterocycles. The highest BCUT2D eigenvalue weighted by atomic mass is 16.2. The summed E-state index contributed by atoms with van der Waals surface area (Å²) in [5.74, 6) is 0.306. The van der Waals surface area contributed by atoms with Crippen LogP contribution in [-0.2, 0) is 4.79 Å². The van der Waals surface area contributed by atoms with Crippen LogP contribution < -0.4 is 11.1 Å². The quantitative estimate of drug-likeness (QED) is 0.624. The highest BCUT2D eigenvalue weighted by Gasteiger charge is 2.44. The third kappa shape index (κ3) is 4.28. The van der Waals surface area contributed by atoms with Crippen LogP contribution in [0.3, 0.4) is 0 Å². The molecule has 4 nitrogen and oxygen atoms in total. The maximum atomic E-state index is 12.0. The smallest absolute Gasteiger partial charge is 0.240 e. The molecule has 0 spiro atoms. The Hall–Kier alpha value is -0.610. The van der Waals surface area contributed by atoms with Gasteiger partial charge in [0.15, 0.2) is 0 Å². The molecule has 0 saturated heterocycles. The summed E-state index contributed by atoms with van der Waals surface area (Å²) in [5, 5.41) is 11.8. The van der Waals surface area contributed by atoms with E-state index < -0.39 is 5.54 Å². The number of carbonyl (C=O) groups excluding carboxylic acids is 1. The molecule has 0 radical (unpaired) electrons. The van der Waals surface area contributed by atoms with Gasteiger partial charge in [0, 0.05) is 13.2 Å². The van der Waals surface area contributed by atoms with Crippen LogP contribution in [0.25, 0.3) is 0 Å². The van der Waals surface area contributed by atoms with E-state index in [0.29, 0.717) is 12.5 Å². The number of nitrogens with one attached hydrogen (secondary N) is 1. The molecule has 100 valence electrons. The number of hydrogen-bond donors (Lipinski definition) is 3. The molecule has 0 aromatic carbocycles. The molecule has 17 heavy (non-hydrogen) atoms. The number of aliphatic hydroxyl groups excluding tert-OH is 1. The summed E-state index contributed by atoms with van der Waals surface area (Å²) in [5.41, 5.74) is 5.34. The predicted octanol–water partition coefficient (Wildman–Crippen LogP) is 1.03. The van der Waals surface area contributed by atoms with Crippen LogP contribution in [0.5, 0.6) is 0 Å². The number of amides is 1. The zero-order valence-corrected chi connectivity index (χ0v) is 11.3. The second kappa shape index (κ2) is 5.36. The van der Waals surface area contributed by atoms with E-state index >= 15 is 0 Å². The van der Waals surface area contributed by atoms with Crippen LogP contribution in [0.15, 0.2) is 0 Å². The molecular formula is C13H26N2O2. The van der Waals surface area contributed by atoms with Crippen LogP contribution in [0.1, 0.15) is 46.5 Å². The Morgan fingerprint density at radius 1 is 1.41 bits per heavy atom. The Bertz CT molecular complexity index is 271. The van der Waals surface area contributed by atoms with Crippen molar-refractivity contribution in [1.29, 1.82) is 0 Å². The van der Waals surface area contributed by atoms with Crippen LogP contribution in [0.4, 0.5) is 0 Å². The molecule has 1 atom stereocenters. The minimum absolute atomic E-state index is 0.0119. The first-order chi connectivity index (χ1) is 7.79. The van der Waals surface area contributed by atoms with Crippen LogP contribution in [0, 0.1) is 11.3 Å². The van der Waals surface area contributed by atoms with E-state index in [2.05, 4.69) is 19.2 Å². The van der Waals surface area contributed by atoms with E-state index in [1.807, 2.05) is 6.92 Å². The van der Waals surface area contributed by atoms with Gasteiger partial charge in [-0.05, 0) is 43.9 Å². The molecule has 1 amide bonds. The highest BCUT2D eigenvalue weighted by Crippen LogP contribution is 2.38. The van der Waals surface area contributed by atoms with Crippen molar-refractivity contribution in [3.63, 3.8) is 0 Å². The molecule has 1 aliphatic carbocycles. The largest absolute Gasteiger partial charge is 0.396 e. The number of nitrogens with two attached hydrogens (primary N) is 1. The summed E-state index contributed by atoms with van der Waals surface area (Å²) >= 11 is 0. The summed E-state index contributed by atoms with van der Waals surface area (Å²) in [6, 6.07) is 0. The van der Waals surface area contributed by atoms with E-state index in [9.17, 15) is 4.79 Å². The van der Waals surface area contributed by atoms with Gasteiger partial charge >= 0.3 is 0 Å². The van der Waals surface area contributed by atoms with Gasteiger partial charge in [-0.1, -0.05) is 13.8 Å². The average molecular weight is 242 g/mol. The monoisotopic (exact) mass is 242 g/mol. The Morgan fingerprint density at radius 2 is 2.00 bits per heavy atom. The van der Waals surface area contributed by atoms with Crippen molar-refractivity contribution in [2.45, 2.75) is 52.0 Å².